The average molecular weight is 329 g/mol. The Balaban J connectivity index is 1.45. The molecule has 1 nitrogen and oxygen atoms in total. The van der Waals surface area contributed by atoms with Crippen LogP contribution in [0, 0.1) is 17.8 Å². The molecule has 3 rings (SSSR count). The molecule has 134 valence electrons. The van der Waals surface area contributed by atoms with E-state index in [1.54, 1.807) is 11.1 Å². The molecule has 0 aromatic heterocycles. The van der Waals surface area contributed by atoms with Crippen molar-refractivity contribution in [3.05, 3.63) is 29.3 Å². The lowest BCUT2D eigenvalue weighted by Crippen LogP contribution is -2.18. The molecule has 0 bridgehead atoms. The third-order valence-electron chi connectivity index (χ3n) is 6.51. The van der Waals surface area contributed by atoms with Gasteiger partial charge in [-0.15, -0.1) is 0 Å². The molecule has 1 atom stereocenters. The highest BCUT2D eigenvalue weighted by molar-refractivity contribution is 5.37. The Hall–Kier alpha value is -0.980. The predicted octanol–water partition coefficient (Wildman–Crippen LogP) is 6.58. The van der Waals surface area contributed by atoms with Crippen LogP contribution < -0.4 is 4.74 Å². The number of rotatable bonds is 7. The van der Waals surface area contributed by atoms with Gasteiger partial charge in [0.25, 0.3) is 0 Å². The van der Waals surface area contributed by atoms with E-state index in [4.69, 9.17) is 4.74 Å². The molecule has 2 aliphatic rings. The number of hydrogen-bond donors (Lipinski definition) is 0. The molecule has 1 fully saturated rings. The van der Waals surface area contributed by atoms with Gasteiger partial charge in [0, 0.05) is 0 Å². The first kappa shape index (κ1) is 17.8. The minimum Gasteiger partial charge on any atom is -0.494 e. The highest BCUT2D eigenvalue weighted by Gasteiger charge is 2.23. The molecular formula is C23H36O. The van der Waals surface area contributed by atoms with Crippen LogP contribution in [0.4, 0.5) is 0 Å². The smallest absolute Gasteiger partial charge is 0.119 e. The Labute approximate surface area is 149 Å². The summed E-state index contributed by atoms with van der Waals surface area (Å²) in [4.78, 5) is 0. The van der Waals surface area contributed by atoms with Crippen molar-refractivity contribution in [1.82, 2.24) is 0 Å². The highest BCUT2D eigenvalue weighted by Crippen LogP contribution is 2.36. The fraction of sp³-hybridized carbons (Fsp3) is 0.739. The van der Waals surface area contributed by atoms with E-state index in [1.165, 1.54) is 64.2 Å². The van der Waals surface area contributed by atoms with Gasteiger partial charge in [0.1, 0.15) is 5.75 Å². The van der Waals surface area contributed by atoms with E-state index in [1.807, 2.05) is 0 Å². The maximum atomic E-state index is 5.79. The SMILES string of the molecule is CCCOc1ccc2c(c1)CCC(CCC1CCC(CC)CC1)C2. The molecular weight excluding hydrogens is 292 g/mol. The molecule has 0 spiro atoms. The standard InChI is InChI=1S/C23H36O/c1-3-15-24-23-14-13-21-16-20(11-12-22(21)17-23)10-9-19-7-5-18(4-2)6-8-19/h13-14,17-20H,3-12,15-16H2,1-2H3. The van der Waals surface area contributed by atoms with Crippen LogP contribution in [-0.4, -0.2) is 6.61 Å². The highest BCUT2D eigenvalue weighted by atomic mass is 16.5. The molecule has 0 N–H and O–H groups in total. The Kier molecular flexibility index (Phi) is 6.63. The van der Waals surface area contributed by atoms with Crippen molar-refractivity contribution < 1.29 is 4.74 Å². The zero-order valence-electron chi connectivity index (χ0n) is 15.9. The fourth-order valence-corrected chi connectivity index (χ4v) is 4.76. The Morgan fingerprint density at radius 3 is 2.38 bits per heavy atom. The van der Waals surface area contributed by atoms with E-state index in [2.05, 4.69) is 32.0 Å². The second kappa shape index (κ2) is 8.92. The summed E-state index contributed by atoms with van der Waals surface area (Å²) in [6, 6.07) is 6.81. The number of aryl methyl sites for hydroxylation is 1. The molecule has 0 amide bonds. The van der Waals surface area contributed by atoms with Crippen LogP contribution in [0.3, 0.4) is 0 Å². The third-order valence-corrected chi connectivity index (χ3v) is 6.51. The van der Waals surface area contributed by atoms with Gasteiger partial charge in [-0.25, -0.2) is 0 Å². The zero-order valence-corrected chi connectivity index (χ0v) is 15.9. The van der Waals surface area contributed by atoms with Crippen LogP contribution >= 0.6 is 0 Å². The van der Waals surface area contributed by atoms with Crippen molar-refractivity contribution in [3.63, 3.8) is 0 Å². The van der Waals surface area contributed by atoms with Gasteiger partial charge in [0.2, 0.25) is 0 Å². The fourth-order valence-electron chi connectivity index (χ4n) is 4.76. The van der Waals surface area contributed by atoms with Crippen LogP contribution in [0.25, 0.3) is 0 Å². The normalized spacial score (nSPS) is 26.8. The molecule has 2 aliphatic carbocycles. The van der Waals surface area contributed by atoms with Crippen LogP contribution in [0.1, 0.15) is 82.8 Å². The number of benzene rings is 1. The maximum Gasteiger partial charge on any atom is 0.119 e. The second-order valence-corrected chi connectivity index (χ2v) is 8.26. The van der Waals surface area contributed by atoms with Crippen LogP contribution in [0.2, 0.25) is 0 Å². The largest absolute Gasteiger partial charge is 0.494 e. The molecule has 1 saturated carbocycles. The van der Waals surface area contributed by atoms with Gasteiger partial charge in [-0.2, -0.15) is 0 Å². The van der Waals surface area contributed by atoms with Gasteiger partial charge in [0.15, 0.2) is 0 Å². The molecule has 0 saturated heterocycles. The number of hydrogen-bond acceptors (Lipinski definition) is 1. The van der Waals surface area contributed by atoms with Crippen molar-refractivity contribution in [2.24, 2.45) is 17.8 Å². The van der Waals surface area contributed by atoms with Crippen LogP contribution in [0.5, 0.6) is 5.75 Å². The van der Waals surface area contributed by atoms with Gasteiger partial charge >= 0.3 is 0 Å². The van der Waals surface area contributed by atoms with Crippen molar-refractivity contribution in [1.29, 1.82) is 0 Å². The lowest BCUT2D eigenvalue weighted by Gasteiger charge is -2.30. The summed E-state index contributed by atoms with van der Waals surface area (Å²) in [5.74, 6) is 4.05. The Morgan fingerprint density at radius 2 is 1.62 bits per heavy atom. The minimum atomic E-state index is 0.835. The summed E-state index contributed by atoms with van der Waals surface area (Å²) in [7, 11) is 0. The number of fused-ring (bicyclic) bond motifs is 1. The summed E-state index contributed by atoms with van der Waals surface area (Å²) in [5.41, 5.74) is 3.13. The first-order valence-corrected chi connectivity index (χ1v) is 10.5. The number of ether oxygens (including phenoxy) is 1. The monoisotopic (exact) mass is 328 g/mol. The van der Waals surface area contributed by atoms with Gasteiger partial charge in [0.05, 0.1) is 6.61 Å². The van der Waals surface area contributed by atoms with Gasteiger partial charge < -0.3 is 4.74 Å². The summed E-state index contributed by atoms with van der Waals surface area (Å²) in [6.45, 7) is 5.36. The van der Waals surface area contributed by atoms with E-state index < -0.39 is 0 Å². The molecule has 0 aliphatic heterocycles. The van der Waals surface area contributed by atoms with Gasteiger partial charge in [-0.05, 0) is 73.1 Å². The summed E-state index contributed by atoms with van der Waals surface area (Å²) in [5, 5.41) is 0. The molecule has 1 aromatic carbocycles. The summed E-state index contributed by atoms with van der Waals surface area (Å²) < 4.78 is 5.79. The maximum absolute atomic E-state index is 5.79. The second-order valence-electron chi connectivity index (χ2n) is 8.26. The molecule has 24 heavy (non-hydrogen) atoms. The lowest BCUT2D eigenvalue weighted by atomic mass is 9.76. The van der Waals surface area contributed by atoms with Crippen molar-refractivity contribution in [2.75, 3.05) is 6.61 Å². The predicted molar refractivity (Wildman–Crippen MR) is 103 cm³/mol. The van der Waals surface area contributed by atoms with E-state index in [-0.39, 0.29) is 0 Å². The molecule has 0 heterocycles. The van der Waals surface area contributed by atoms with E-state index in [9.17, 15) is 0 Å². The third kappa shape index (κ3) is 4.77. The van der Waals surface area contributed by atoms with Crippen molar-refractivity contribution in [3.8, 4) is 5.75 Å². The van der Waals surface area contributed by atoms with Gasteiger partial charge in [-0.1, -0.05) is 58.4 Å². The first-order valence-electron chi connectivity index (χ1n) is 10.5. The van der Waals surface area contributed by atoms with Crippen molar-refractivity contribution in [2.45, 2.75) is 84.5 Å². The minimum absolute atomic E-state index is 0.835. The Morgan fingerprint density at radius 1 is 0.875 bits per heavy atom. The molecule has 0 radical (unpaired) electrons. The van der Waals surface area contributed by atoms with Gasteiger partial charge in [-0.3, -0.25) is 0 Å². The van der Waals surface area contributed by atoms with E-state index >= 15 is 0 Å². The molecule has 1 unspecified atom stereocenters. The quantitative estimate of drug-likeness (QED) is 0.549. The van der Waals surface area contributed by atoms with Crippen LogP contribution in [-0.2, 0) is 12.8 Å². The topological polar surface area (TPSA) is 9.23 Å². The summed E-state index contributed by atoms with van der Waals surface area (Å²) >= 11 is 0. The Bertz CT molecular complexity index is 499. The van der Waals surface area contributed by atoms with Crippen molar-refractivity contribution >= 4 is 0 Å². The van der Waals surface area contributed by atoms with E-state index in [0.717, 1.165) is 36.5 Å². The molecule has 1 heteroatoms. The zero-order chi connectivity index (χ0) is 16.8. The first-order chi connectivity index (χ1) is 11.8. The molecule has 1 aromatic rings. The van der Waals surface area contributed by atoms with Crippen LogP contribution in [0.15, 0.2) is 18.2 Å². The van der Waals surface area contributed by atoms with E-state index in [0.29, 0.717) is 0 Å². The average Bonchev–Trinajstić information content (AvgIpc) is 2.64. The summed E-state index contributed by atoms with van der Waals surface area (Å²) in [6.07, 6.45) is 15.3. The lowest BCUT2D eigenvalue weighted by molar-refractivity contribution is 0.241.